The van der Waals surface area contributed by atoms with Crippen molar-refractivity contribution >= 4 is 12.1 Å². The molecule has 0 saturated heterocycles. The summed E-state index contributed by atoms with van der Waals surface area (Å²) < 4.78 is 32.3. The lowest BCUT2D eigenvalue weighted by Crippen LogP contribution is -2.26. The van der Waals surface area contributed by atoms with Crippen LogP contribution in [0.5, 0.6) is 5.88 Å². The summed E-state index contributed by atoms with van der Waals surface area (Å²) in [6.45, 7) is 1.33. The molecule has 116 valence electrons. The molecule has 0 bridgehead atoms. The molecule has 0 saturated carbocycles. The van der Waals surface area contributed by atoms with Gasteiger partial charge in [-0.15, -0.1) is 0 Å². The average molecular weight is 308 g/mol. The number of methoxy groups -OCH3 is 1. The van der Waals surface area contributed by atoms with Crippen molar-refractivity contribution in [3.8, 4) is 5.88 Å². The van der Waals surface area contributed by atoms with Crippen LogP contribution in [0.1, 0.15) is 18.1 Å². The molecule has 0 fully saturated rings. The van der Waals surface area contributed by atoms with Crippen molar-refractivity contribution in [1.82, 2.24) is 4.98 Å². The molecule has 1 unspecified atom stereocenters. The van der Waals surface area contributed by atoms with E-state index in [9.17, 15) is 18.7 Å². The van der Waals surface area contributed by atoms with Gasteiger partial charge in [-0.05, 0) is 19.1 Å². The van der Waals surface area contributed by atoms with Gasteiger partial charge in [0.05, 0.1) is 13.3 Å². The number of pyridine rings is 1. The smallest absolute Gasteiger partial charge is 0.213 e. The van der Waals surface area contributed by atoms with Crippen molar-refractivity contribution < 1.29 is 23.4 Å². The molecule has 0 aliphatic heterocycles. The molecule has 22 heavy (non-hydrogen) atoms. The largest absolute Gasteiger partial charge is 0.481 e. The number of ether oxygens (including phenoxy) is 1. The number of hydrogen-bond acceptors (Lipinski definition) is 4. The van der Waals surface area contributed by atoms with Crippen LogP contribution in [-0.2, 0) is 10.4 Å². The minimum Gasteiger partial charge on any atom is -0.481 e. The first-order valence-electron chi connectivity index (χ1n) is 6.32. The van der Waals surface area contributed by atoms with Crippen molar-refractivity contribution in [2.24, 2.45) is 0 Å². The first-order valence-corrected chi connectivity index (χ1v) is 6.32. The number of aromatic nitrogens is 1. The molecule has 1 aromatic carbocycles. The average Bonchev–Trinajstić information content (AvgIpc) is 2.47. The van der Waals surface area contributed by atoms with Crippen molar-refractivity contribution in [1.29, 1.82) is 0 Å². The second-order valence-electron chi connectivity index (χ2n) is 4.73. The van der Waals surface area contributed by atoms with Crippen LogP contribution < -0.4 is 10.1 Å². The van der Waals surface area contributed by atoms with E-state index in [0.29, 0.717) is 6.41 Å². The molecule has 1 heterocycles. The van der Waals surface area contributed by atoms with E-state index in [1.165, 1.54) is 26.2 Å². The Morgan fingerprint density at radius 2 is 2.05 bits per heavy atom. The maximum absolute atomic E-state index is 14.0. The lowest BCUT2D eigenvalue weighted by atomic mass is 9.87. The Bertz CT molecular complexity index is 705. The maximum Gasteiger partial charge on any atom is 0.213 e. The molecule has 2 N–H and O–H groups in total. The third-order valence-electron chi connectivity index (χ3n) is 3.28. The summed E-state index contributed by atoms with van der Waals surface area (Å²) >= 11 is 0. The second kappa shape index (κ2) is 6.07. The number of nitrogens with zero attached hydrogens (tertiary/aromatic N) is 1. The first-order chi connectivity index (χ1) is 10.4. The highest BCUT2D eigenvalue weighted by molar-refractivity contribution is 5.74. The molecular weight excluding hydrogens is 294 g/mol. The number of carbonyl (C=O) groups is 1. The quantitative estimate of drug-likeness (QED) is 0.831. The van der Waals surface area contributed by atoms with E-state index < -0.39 is 17.2 Å². The molecule has 1 aromatic heterocycles. The predicted molar refractivity (Wildman–Crippen MR) is 75.5 cm³/mol. The molecule has 0 aliphatic rings. The van der Waals surface area contributed by atoms with Crippen molar-refractivity contribution in [3.05, 3.63) is 53.2 Å². The third kappa shape index (κ3) is 2.89. The zero-order chi connectivity index (χ0) is 16.3. The predicted octanol–water partition coefficient (Wildman–Crippen LogP) is 2.19. The van der Waals surface area contributed by atoms with E-state index in [2.05, 4.69) is 10.3 Å². The van der Waals surface area contributed by atoms with Gasteiger partial charge in [-0.2, -0.15) is 0 Å². The van der Waals surface area contributed by atoms with Gasteiger partial charge in [0.1, 0.15) is 17.2 Å². The molecule has 5 nitrogen and oxygen atoms in total. The second-order valence-corrected chi connectivity index (χ2v) is 4.73. The Labute approximate surface area is 125 Å². The fraction of sp³-hybridized carbons (Fsp3) is 0.200. The highest BCUT2D eigenvalue weighted by Crippen LogP contribution is 2.36. The van der Waals surface area contributed by atoms with E-state index in [1.54, 1.807) is 0 Å². The summed E-state index contributed by atoms with van der Waals surface area (Å²) in [6, 6.07) is 4.65. The molecule has 1 atom stereocenters. The minimum absolute atomic E-state index is 0.0372. The van der Waals surface area contributed by atoms with Gasteiger partial charge in [0.2, 0.25) is 12.3 Å². The van der Waals surface area contributed by atoms with Gasteiger partial charge in [0, 0.05) is 22.9 Å². The fourth-order valence-electron chi connectivity index (χ4n) is 2.17. The van der Waals surface area contributed by atoms with Crippen LogP contribution in [0.3, 0.4) is 0 Å². The summed E-state index contributed by atoms with van der Waals surface area (Å²) in [7, 11) is 1.36. The van der Waals surface area contributed by atoms with Crippen LogP contribution in [0.2, 0.25) is 0 Å². The molecule has 2 rings (SSSR count). The zero-order valence-corrected chi connectivity index (χ0v) is 11.9. The maximum atomic E-state index is 14.0. The van der Waals surface area contributed by atoms with Gasteiger partial charge in [0.15, 0.2) is 0 Å². The minimum atomic E-state index is -1.83. The Hall–Kier alpha value is -2.54. The first kappa shape index (κ1) is 15.8. The number of hydrogen-bond donors (Lipinski definition) is 2. The SMILES string of the molecule is COc1cc(C(C)(O)c2ccc(F)cc2NC=O)c(F)cn1. The van der Waals surface area contributed by atoms with Gasteiger partial charge in [-0.1, -0.05) is 6.07 Å². The third-order valence-corrected chi connectivity index (χ3v) is 3.28. The standard InChI is InChI=1S/C15H14F2N2O3/c1-15(21,11-6-14(22-2)18-7-12(11)17)10-4-3-9(16)5-13(10)19-8-20/h3-8,21H,1-2H3,(H,19,20). The van der Waals surface area contributed by atoms with E-state index in [4.69, 9.17) is 4.74 Å². The van der Waals surface area contributed by atoms with Gasteiger partial charge in [0.25, 0.3) is 0 Å². The van der Waals surface area contributed by atoms with Crippen LogP contribution in [-0.4, -0.2) is 23.6 Å². The highest BCUT2D eigenvalue weighted by Gasteiger charge is 2.32. The zero-order valence-electron chi connectivity index (χ0n) is 11.9. The fourth-order valence-corrected chi connectivity index (χ4v) is 2.17. The Morgan fingerprint density at radius 3 is 2.68 bits per heavy atom. The molecule has 2 aromatic rings. The molecule has 0 spiro atoms. The van der Waals surface area contributed by atoms with E-state index in [-0.39, 0.29) is 22.7 Å². The van der Waals surface area contributed by atoms with Crippen LogP contribution >= 0.6 is 0 Å². The molecular formula is C15H14F2N2O3. The van der Waals surface area contributed by atoms with Crippen LogP contribution in [0.25, 0.3) is 0 Å². The molecule has 7 heteroatoms. The summed E-state index contributed by atoms with van der Waals surface area (Å²) in [5.41, 5.74) is -1.78. The van der Waals surface area contributed by atoms with Gasteiger partial charge < -0.3 is 15.2 Å². The summed E-state index contributed by atoms with van der Waals surface area (Å²) in [6.07, 6.45) is 1.26. The number of halogens is 2. The number of benzene rings is 1. The lowest BCUT2D eigenvalue weighted by molar-refractivity contribution is -0.105. The number of rotatable bonds is 5. The topological polar surface area (TPSA) is 71.5 Å². The number of amides is 1. The molecule has 1 amide bonds. The van der Waals surface area contributed by atoms with Crippen LogP contribution in [0.4, 0.5) is 14.5 Å². The summed E-state index contributed by atoms with van der Waals surface area (Å²) in [4.78, 5) is 14.3. The lowest BCUT2D eigenvalue weighted by Gasteiger charge is -2.27. The highest BCUT2D eigenvalue weighted by atomic mass is 19.1. The summed E-state index contributed by atoms with van der Waals surface area (Å²) in [5.74, 6) is -1.24. The van der Waals surface area contributed by atoms with Crippen LogP contribution in [0.15, 0.2) is 30.5 Å². The molecule has 0 radical (unpaired) electrons. The van der Waals surface area contributed by atoms with E-state index in [1.807, 2.05) is 0 Å². The number of nitrogens with one attached hydrogen (secondary N) is 1. The van der Waals surface area contributed by atoms with Gasteiger partial charge in [-0.3, -0.25) is 4.79 Å². The Kier molecular flexibility index (Phi) is 4.37. The van der Waals surface area contributed by atoms with Crippen molar-refractivity contribution in [2.45, 2.75) is 12.5 Å². The monoisotopic (exact) mass is 308 g/mol. The van der Waals surface area contributed by atoms with Gasteiger partial charge >= 0.3 is 0 Å². The Balaban J connectivity index is 2.61. The van der Waals surface area contributed by atoms with E-state index in [0.717, 1.165) is 18.3 Å². The van der Waals surface area contributed by atoms with Crippen LogP contribution in [0, 0.1) is 11.6 Å². The van der Waals surface area contributed by atoms with Crippen molar-refractivity contribution in [3.63, 3.8) is 0 Å². The number of carbonyl (C=O) groups excluding carboxylic acids is 1. The summed E-state index contributed by atoms with van der Waals surface area (Å²) in [5, 5.41) is 13.0. The normalized spacial score (nSPS) is 13.3. The van der Waals surface area contributed by atoms with Crippen molar-refractivity contribution in [2.75, 3.05) is 12.4 Å². The van der Waals surface area contributed by atoms with E-state index >= 15 is 0 Å². The Morgan fingerprint density at radius 1 is 1.32 bits per heavy atom. The number of aliphatic hydroxyl groups is 1. The molecule has 0 aliphatic carbocycles. The van der Waals surface area contributed by atoms with Gasteiger partial charge in [-0.25, -0.2) is 13.8 Å². The number of anilines is 1.